The minimum Gasteiger partial charge on any atom is -0.369 e. The molecule has 0 aromatic heterocycles. The molecule has 0 aliphatic rings. The van der Waals surface area contributed by atoms with Gasteiger partial charge in [0.1, 0.15) is 0 Å². The van der Waals surface area contributed by atoms with E-state index in [2.05, 4.69) is 44.8 Å². The molecule has 1 aromatic carbocycles. The number of amides is 1. The molecule has 1 unspecified atom stereocenters. The van der Waals surface area contributed by atoms with E-state index in [-0.39, 0.29) is 5.91 Å². The summed E-state index contributed by atoms with van der Waals surface area (Å²) < 4.78 is 0. The topological polar surface area (TPSA) is 43.1 Å². The third-order valence-electron chi connectivity index (χ3n) is 4.12. The van der Waals surface area contributed by atoms with Crippen LogP contribution in [0.2, 0.25) is 19.6 Å². The molecule has 3 heteroatoms. The van der Waals surface area contributed by atoms with E-state index >= 15 is 0 Å². The highest BCUT2D eigenvalue weighted by atomic mass is 28.3. The van der Waals surface area contributed by atoms with E-state index in [9.17, 15) is 4.79 Å². The minimum atomic E-state index is -1.25. The highest BCUT2D eigenvalue weighted by Crippen LogP contribution is 2.32. The Balaban J connectivity index is 3.14. The van der Waals surface area contributed by atoms with E-state index in [4.69, 9.17) is 5.73 Å². The lowest BCUT2D eigenvalue weighted by molar-refractivity contribution is -0.125. The van der Waals surface area contributed by atoms with Crippen molar-refractivity contribution in [3.05, 3.63) is 35.4 Å². The second-order valence-corrected chi connectivity index (χ2v) is 12.8. The summed E-state index contributed by atoms with van der Waals surface area (Å²) in [5.74, 6) is -0.233. The number of carbonyl (C=O) groups is 1. The first-order chi connectivity index (χ1) is 8.55. The molecule has 0 aliphatic carbocycles. The molecule has 0 radical (unpaired) electrons. The van der Waals surface area contributed by atoms with E-state index in [0.29, 0.717) is 12.0 Å². The van der Waals surface area contributed by atoms with Crippen LogP contribution in [0.25, 0.3) is 0 Å². The first-order valence-electron chi connectivity index (χ1n) is 6.93. The quantitative estimate of drug-likeness (QED) is 0.819. The van der Waals surface area contributed by atoms with E-state index in [1.54, 1.807) is 0 Å². The molecule has 0 fully saturated rings. The van der Waals surface area contributed by atoms with E-state index in [0.717, 1.165) is 0 Å². The lowest BCUT2D eigenvalue weighted by Crippen LogP contribution is -2.35. The summed E-state index contributed by atoms with van der Waals surface area (Å²) in [7, 11) is -1.25. The molecule has 2 N–H and O–H groups in total. The predicted octanol–water partition coefficient (Wildman–Crippen LogP) is 3.72. The van der Waals surface area contributed by atoms with Crippen molar-refractivity contribution in [1.29, 1.82) is 0 Å². The van der Waals surface area contributed by atoms with Crippen molar-refractivity contribution in [3.8, 4) is 0 Å². The Morgan fingerprint density at radius 3 is 2.26 bits per heavy atom. The van der Waals surface area contributed by atoms with Crippen LogP contribution in [0.5, 0.6) is 0 Å². The third kappa shape index (κ3) is 3.93. The van der Waals surface area contributed by atoms with Crippen molar-refractivity contribution in [2.75, 3.05) is 0 Å². The summed E-state index contributed by atoms with van der Waals surface area (Å²) in [6, 6.07) is 8.48. The largest absolute Gasteiger partial charge is 0.369 e. The normalized spacial score (nSPS) is 14.2. The maximum Gasteiger partial charge on any atom is 0.223 e. The van der Waals surface area contributed by atoms with Crippen LogP contribution in [0, 0.1) is 5.41 Å². The molecule has 1 rings (SSSR count). The Labute approximate surface area is 118 Å². The first-order valence-corrected chi connectivity index (χ1v) is 10.5. The standard InChI is InChI=1S/C16H27NOSi/c1-12(19(4,5)6)14-10-8-7-9-13(14)11-16(2,3)15(17)18/h7-10,12H,11H2,1-6H3,(H2,17,18). The van der Waals surface area contributed by atoms with Gasteiger partial charge in [0.25, 0.3) is 0 Å². The average Bonchev–Trinajstić information content (AvgIpc) is 2.27. The second-order valence-electron chi connectivity index (χ2n) is 7.21. The molecule has 0 heterocycles. The molecule has 0 aliphatic heterocycles. The van der Waals surface area contributed by atoms with Gasteiger partial charge in [0.05, 0.1) is 8.07 Å². The maximum atomic E-state index is 11.5. The zero-order chi connectivity index (χ0) is 14.8. The number of rotatable bonds is 5. The number of carbonyl (C=O) groups excluding carboxylic acids is 1. The monoisotopic (exact) mass is 277 g/mol. The zero-order valence-electron chi connectivity index (χ0n) is 13.1. The van der Waals surface area contributed by atoms with Gasteiger partial charge in [-0.05, 0) is 23.1 Å². The Morgan fingerprint density at radius 2 is 1.79 bits per heavy atom. The van der Waals surface area contributed by atoms with Crippen LogP contribution in [-0.4, -0.2) is 14.0 Å². The minimum absolute atomic E-state index is 0.233. The van der Waals surface area contributed by atoms with Gasteiger partial charge in [0.15, 0.2) is 0 Å². The number of primary amides is 1. The van der Waals surface area contributed by atoms with Crippen molar-refractivity contribution in [3.63, 3.8) is 0 Å². The second kappa shape index (κ2) is 5.49. The number of hydrogen-bond acceptors (Lipinski definition) is 1. The molecule has 2 nitrogen and oxygen atoms in total. The molecule has 0 spiro atoms. The SMILES string of the molecule is CC(c1ccccc1CC(C)(C)C(N)=O)[Si](C)(C)C. The number of benzene rings is 1. The van der Waals surface area contributed by atoms with Crippen LogP contribution in [0.4, 0.5) is 0 Å². The summed E-state index contributed by atoms with van der Waals surface area (Å²) >= 11 is 0. The van der Waals surface area contributed by atoms with Crippen molar-refractivity contribution in [2.24, 2.45) is 11.1 Å². The summed E-state index contributed by atoms with van der Waals surface area (Å²) in [6.45, 7) is 13.3. The first kappa shape index (κ1) is 16.0. The molecule has 1 aromatic rings. The Kier molecular flexibility index (Phi) is 4.61. The zero-order valence-corrected chi connectivity index (χ0v) is 14.1. The summed E-state index contributed by atoms with van der Waals surface area (Å²) in [4.78, 5) is 11.5. The predicted molar refractivity (Wildman–Crippen MR) is 84.9 cm³/mol. The number of nitrogens with two attached hydrogens (primary N) is 1. The molecule has 1 amide bonds. The van der Waals surface area contributed by atoms with Gasteiger partial charge in [-0.3, -0.25) is 4.79 Å². The van der Waals surface area contributed by atoms with Crippen molar-refractivity contribution >= 4 is 14.0 Å². The van der Waals surface area contributed by atoms with Gasteiger partial charge in [-0.15, -0.1) is 0 Å². The lowest BCUT2D eigenvalue weighted by Gasteiger charge is -2.29. The van der Waals surface area contributed by atoms with Crippen molar-refractivity contribution in [2.45, 2.75) is 52.4 Å². The van der Waals surface area contributed by atoms with Crippen LogP contribution >= 0.6 is 0 Å². The molecular weight excluding hydrogens is 250 g/mol. The van der Waals surface area contributed by atoms with Gasteiger partial charge >= 0.3 is 0 Å². The highest BCUT2D eigenvalue weighted by molar-refractivity contribution is 6.77. The lowest BCUT2D eigenvalue weighted by atomic mass is 9.83. The van der Waals surface area contributed by atoms with Crippen LogP contribution < -0.4 is 5.73 Å². The Hall–Kier alpha value is -1.09. The van der Waals surface area contributed by atoms with Crippen molar-refractivity contribution in [1.82, 2.24) is 0 Å². The van der Waals surface area contributed by atoms with Crippen LogP contribution in [0.3, 0.4) is 0 Å². The smallest absolute Gasteiger partial charge is 0.223 e. The average molecular weight is 277 g/mol. The van der Waals surface area contributed by atoms with Gasteiger partial charge in [-0.1, -0.05) is 64.7 Å². The van der Waals surface area contributed by atoms with E-state index in [1.165, 1.54) is 11.1 Å². The molecule has 0 bridgehead atoms. The van der Waals surface area contributed by atoms with Gasteiger partial charge in [-0.2, -0.15) is 0 Å². The Morgan fingerprint density at radius 1 is 1.26 bits per heavy atom. The van der Waals surface area contributed by atoms with Crippen LogP contribution in [-0.2, 0) is 11.2 Å². The summed E-state index contributed by atoms with van der Waals surface area (Å²) in [5.41, 5.74) is 8.24. The van der Waals surface area contributed by atoms with E-state index < -0.39 is 13.5 Å². The molecule has 0 saturated carbocycles. The summed E-state index contributed by atoms with van der Waals surface area (Å²) in [5, 5.41) is 0. The van der Waals surface area contributed by atoms with Gasteiger partial charge < -0.3 is 5.73 Å². The van der Waals surface area contributed by atoms with Gasteiger partial charge in [-0.25, -0.2) is 0 Å². The fraction of sp³-hybridized carbons (Fsp3) is 0.562. The van der Waals surface area contributed by atoms with E-state index in [1.807, 2.05) is 19.9 Å². The van der Waals surface area contributed by atoms with Crippen LogP contribution in [0.1, 0.15) is 37.4 Å². The maximum absolute atomic E-state index is 11.5. The molecular formula is C16H27NOSi. The number of hydrogen-bond donors (Lipinski definition) is 1. The third-order valence-corrected chi connectivity index (χ3v) is 7.03. The van der Waals surface area contributed by atoms with Gasteiger partial charge in [0.2, 0.25) is 5.91 Å². The molecule has 106 valence electrons. The molecule has 1 atom stereocenters. The fourth-order valence-electron chi connectivity index (χ4n) is 2.15. The van der Waals surface area contributed by atoms with Crippen molar-refractivity contribution < 1.29 is 4.79 Å². The molecule has 19 heavy (non-hydrogen) atoms. The fourth-order valence-corrected chi connectivity index (χ4v) is 3.36. The Bertz CT molecular complexity index is 460. The highest BCUT2D eigenvalue weighted by Gasteiger charge is 2.30. The van der Waals surface area contributed by atoms with Gasteiger partial charge in [0, 0.05) is 5.41 Å². The molecule has 0 saturated heterocycles. The summed E-state index contributed by atoms with van der Waals surface area (Å²) in [6.07, 6.45) is 0.716. The van der Waals surface area contributed by atoms with Crippen LogP contribution in [0.15, 0.2) is 24.3 Å².